The van der Waals surface area contributed by atoms with Gasteiger partial charge in [-0.15, -0.1) is 0 Å². The van der Waals surface area contributed by atoms with E-state index in [9.17, 15) is 14.7 Å². The van der Waals surface area contributed by atoms with Crippen LogP contribution in [0.2, 0.25) is 0 Å². The van der Waals surface area contributed by atoms with Crippen LogP contribution in [-0.2, 0) is 11.3 Å². The third-order valence-electron chi connectivity index (χ3n) is 6.44. The highest BCUT2D eigenvalue weighted by molar-refractivity contribution is 6.03. The Morgan fingerprint density at radius 3 is 2.91 bits per heavy atom. The van der Waals surface area contributed by atoms with Crippen molar-refractivity contribution >= 4 is 29.3 Å². The number of nitrogens with one attached hydrogen (secondary N) is 2. The molecule has 32 heavy (non-hydrogen) atoms. The number of amides is 2. The predicted octanol–water partition coefficient (Wildman–Crippen LogP) is 1.93. The topological polar surface area (TPSA) is 111 Å². The number of benzene rings is 1. The van der Waals surface area contributed by atoms with Crippen molar-refractivity contribution in [1.82, 2.24) is 20.2 Å². The van der Waals surface area contributed by atoms with E-state index in [1.54, 1.807) is 23.2 Å². The number of nitrogens with zero attached hydrogens (tertiary/aromatic N) is 4. The molecule has 3 aliphatic rings. The Hall–Kier alpha value is -3.46. The first-order valence-corrected chi connectivity index (χ1v) is 10.9. The molecule has 0 spiro atoms. The van der Waals surface area contributed by atoms with Crippen LogP contribution in [0.25, 0.3) is 0 Å². The SMILES string of the molecule is C=C1CCC(N2Cc3c(Nc4ccnc(N5CCC[C@H]5CO)n4)cccc3C2=O)C(=O)N1. The van der Waals surface area contributed by atoms with E-state index in [1.165, 1.54) is 0 Å². The number of anilines is 3. The molecule has 0 radical (unpaired) electrons. The Kier molecular flexibility index (Phi) is 5.26. The Morgan fingerprint density at radius 1 is 1.22 bits per heavy atom. The fourth-order valence-corrected chi connectivity index (χ4v) is 4.77. The fraction of sp³-hybridized carbons (Fsp3) is 0.391. The minimum Gasteiger partial charge on any atom is -0.394 e. The first kappa shape index (κ1) is 20.4. The van der Waals surface area contributed by atoms with Crippen LogP contribution in [0.15, 0.2) is 42.7 Å². The van der Waals surface area contributed by atoms with E-state index in [0.717, 1.165) is 30.6 Å². The highest BCUT2D eigenvalue weighted by Crippen LogP contribution is 2.34. The maximum Gasteiger partial charge on any atom is 0.255 e. The van der Waals surface area contributed by atoms with Gasteiger partial charge in [-0.25, -0.2) is 4.98 Å². The number of aliphatic hydroxyl groups excluding tert-OH is 1. The standard InChI is InChI=1S/C23H26N6O3/c1-14-7-8-19(21(31)25-14)29-12-17-16(22(29)32)5-2-6-18(17)26-20-9-10-24-23(27-20)28-11-3-4-15(28)13-30/h2,5-6,9-10,15,19,30H,1,3-4,7-8,11-13H2,(H,25,31)(H,24,26,27)/t15-,19?/m0/s1. The smallest absolute Gasteiger partial charge is 0.255 e. The molecular weight excluding hydrogens is 408 g/mol. The van der Waals surface area contributed by atoms with Gasteiger partial charge in [0.25, 0.3) is 5.91 Å². The van der Waals surface area contributed by atoms with Crippen molar-refractivity contribution in [2.45, 2.75) is 44.3 Å². The van der Waals surface area contributed by atoms with E-state index in [0.29, 0.717) is 42.4 Å². The molecule has 9 nitrogen and oxygen atoms in total. The molecule has 3 aliphatic heterocycles. The van der Waals surface area contributed by atoms with E-state index in [4.69, 9.17) is 0 Å². The monoisotopic (exact) mass is 434 g/mol. The molecule has 2 amide bonds. The predicted molar refractivity (Wildman–Crippen MR) is 119 cm³/mol. The molecule has 2 aromatic rings. The normalized spacial score (nSPS) is 22.8. The highest BCUT2D eigenvalue weighted by Gasteiger charge is 2.39. The average Bonchev–Trinajstić information content (AvgIpc) is 3.40. The Balaban J connectivity index is 1.38. The van der Waals surface area contributed by atoms with Crippen molar-refractivity contribution in [2.75, 3.05) is 23.4 Å². The Morgan fingerprint density at radius 2 is 2.09 bits per heavy atom. The van der Waals surface area contributed by atoms with Crippen molar-refractivity contribution in [2.24, 2.45) is 0 Å². The molecule has 2 atom stereocenters. The highest BCUT2D eigenvalue weighted by atomic mass is 16.3. The van der Waals surface area contributed by atoms with Crippen LogP contribution in [0.1, 0.15) is 41.6 Å². The number of allylic oxidation sites excluding steroid dienone is 1. The van der Waals surface area contributed by atoms with Gasteiger partial charge in [-0.1, -0.05) is 12.6 Å². The molecular formula is C23H26N6O3. The van der Waals surface area contributed by atoms with Crippen molar-refractivity contribution in [3.05, 3.63) is 53.9 Å². The zero-order valence-corrected chi connectivity index (χ0v) is 17.8. The molecule has 5 rings (SSSR count). The van der Waals surface area contributed by atoms with Gasteiger partial charge >= 0.3 is 0 Å². The van der Waals surface area contributed by atoms with Crippen molar-refractivity contribution in [3.63, 3.8) is 0 Å². The van der Waals surface area contributed by atoms with Gasteiger partial charge in [0.15, 0.2) is 0 Å². The van der Waals surface area contributed by atoms with E-state index in [2.05, 4.69) is 27.2 Å². The van der Waals surface area contributed by atoms with Crippen LogP contribution in [-0.4, -0.2) is 57.0 Å². The second kappa shape index (κ2) is 8.23. The first-order chi connectivity index (χ1) is 15.5. The molecule has 0 aliphatic carbocycles. The number of carbonyl (C=O) groups is 2. The molecule has 1 aromatic heterocycles. The van der Waals surface area contributed by atoms with E-state index in [-0.39, 0.29) is 24.5 Å². The van der Waals surface area contributed by atoms with Crippen LogP contribution >= 0.6 is 0 Å². The van der Waals surface area contributed by atoms with Gasteiger partial charge < -0.3 is 25.5 Å². The molecule has 2 fully saturated rings. The summed E-state index contributed by atoms with van der Waals surface area (Å²) >= 11 is 0. The average molecular weight is 435 g/mol. The van der Waals surface area contributed by atoms with Gasteiger partial charge in [0.05, 0.1) is 12.6 Å². The maximum atomic E-state index is 13.1. The van der Waals surface area contributed by atoms with Crippen LogP contribution in [0.4, 0.5) is 17.5 Å². The number of aliphatic hydroxyl groups is 1. The lowest BCUT2D eigenvalue weighted by Gasteiger charge is -2.31. The molecule has 1 aromatic carbocycles. The van der Waals surface area contributed by atoms with E-state index in [1.807, 2.05) is 17.0 Å². The number of hydrogen-bond acceptors (Lipinski definition) is 7. The maximum absolute atomic E-state index is 13.1. The summed E-state index contributed by atoms with van der Waals surface area (Å²) in [5.41, 5.74) is 2.92. The van der Waals surface area contributed by atoms with Crippen LogP contribution < -0.4 is 15.5 Å². The largest absolute Gasteiger partial charge is 0.394 e. The molecule has 166 valence electrons. The number of piperidine rings is 1. The summed E-state index contributed by atoms with van der Waals surface area (Å²) in [6, 6.07) is 6.85. The molecule has 0 saturated carbocycles. The van der Waals surface area contributed by atoms with Crippen LogP contribution in [0.3, 0.4) is 0 Å². The lowest BCUT2D eigenvalue weighted by Crippen LogP contribution is -2.49. The minimum absolute atomic E-state index is 0.0372. The van der Waals surface area contributed by atoms with E-state index >= 15 is 0 Å². The van der Waals surface area contributed by atoms with E-state index < -0.39 is 6.04 Å². The Bertz CT molecular complexity index is 1090. The summed E-state index contributed by atoms with van der Waals surface area (Å²) in [5.74, 6) is 0.879. The summed E-state index contributed by atoms with van der Waals surface area (Å²) in [5, 5.41) is 15.7. The van der Waals surface area contributed by atoms with Gasteiger partial charge in [-0.3, -0.25) is 9.59 Å². The molecule has 2 saturated heterocycles. The minimum atomic E-state index is -0.496. The number of carbonyl (C=O) groups excluding carboxylic acids is 2. The van der Waals surface area contributed by atoms with Gasteiger partial charge in [0.1, 0.15) is 11.9 Å². The Labute approximate surface area is 186 Å². The fourth-order valence-electron chi connectivity index (χ4n) is 4.77. The van der Waals surface area contributed by atoms with Gasteiger partial charge in [0.2, 0.25) is 11.9 Å². The van der Waals surface area contributed by atoms with Crippen LogP contribution in [0, 0.1) is 0 Å². The summed E-state index contributed by atoms with van der Waals surface area (Å²) in [4.78, 5) is 38.2. The third kappa shape index (κ3) is 3.58. The summed E-state index contributed by atoms with van der Waals surface area (Å²) in [7, 11) is 0. The molecule has 1 unspecified atom stereocenters. The quantitative estimate of drug-likeness (QED) is 0.659. The second-order valence-corrected chi connectivity index (χ2v) is 8.45. The number of hydrogen-bond donors (Lipinski definition) is 3. The van der Waals surface area contributed by atoms with Crippen LogP contribution in [0.5, 0.6) is 0 Å². The summed E-state index contributed by atoms with van der Waals surface area (Å²) in [6.07, 6.45) is 4.85. The molecule has 9 heteroatoms. The summed E-state index contributed by atoms with van der Waals surface area (Å²) in [6.45, 7) is 5.07. The van der Waals surface area contributed by atoms with Crippen molar-refractivity contribution < 1.29 is 14.7 Å². The number of rotatable bonds is 5. The number of fused-ring (bicyclic) bond motifs is 1. The zero-order valence-electron chi connectivity index (χ0n) is 17.8. The van der Waals surface area contributed by atoms with Gasteiger partial charge in [-0.2, -0.15) is 4.98 Å². The molecule has 0 bridgehead atoms. The van der Waals surface area contributed by atoms with Gasteiger partial charge in [0, 0.05) is 41.8 Å². The van der Waals surface area contributed by atoms with Crippen molar-refractivity contribution in [1.29, 1.82) is 0 Å². The molecule has 3 N–H and O–H groups in total. The van der Waals surface area contributed by atoms with Crippen molar-refractivity contribution in [3.8, 4) is 0 Å². The second-order valence-electron chi connectivity index (χ2n) is 8.45. The zero-order chi connectivity index (χ0) is 22.2. The van der Waals surface area contributed by atoms with Gasteiger partial charge in [-0.05, 0) is 43.9 Å². The lowest BCUT2D eigenvalue weighted by molar-refractivity contribution is -0.126. The third-order valence-corrected chi connectivity index (χ3v) is 6.44. The molecule has 4 heterocycles. The summed E-state index contributed by atoms with van der Waals surface area (Å²) < 4.78 is 0. The first-order valence-electron chi connectivity index (χ1n) is 10.9. The number of aromatic nitrogens is 2. The lowest BCUT2D eigenvalue weighted by atomic mass is 10.0.